The summed E-state index contributed by atoms with van der Waals surface area (Å²) in [6.07, 6.45) is 7.28. The summed E-state index contributed by atoms with van der Waals surface area (Å²) in [7, 11) is 0. The smallest absolute Gasteiger partial charge is 0.137 e. The number of hydrogen-bond acceptors (Lipinski definition) is 4. The van der Waals surface area contributed by atoms with E-state index in [9.17, 15) is 5.11 Å². The van der Waals surface area contributed by atoms with E-state index in [4.69, 9.17) is 4.98 Å². The van der Waals surface area contributed by atoms with Gasteiger partial charge in [-0.3, -0.25) is 4.90 Å². The highest BCUT2D eigenvalue weighted by molar-refractivity contribution is 6.12. The normalized spacial score (nSPS) is 12.3. The van der Waals surface area contributed by atoms with Crippen LogP contribution >= 0.6 is 0 Å². The lowest BCUT2D eigenvalue weighted by Gasteiger charge is -2.27. The van der Waals surface area contributed by atoms with Gasteiger partial charge in [0.25, 0.3) is 0 Å². The van der Waals surface area contributed by atoms with E-state index in [0.717, 1.165) is 50.0 Å². The van der Waals surface area contributed by atoms with Crippen LogP contribution in [0.15, 0.2) is 140 Å². The van der Waals surface area contributed by atoms with Crippen molar-refractivity contribution < 1.29 is 5.11 Å². The molecule has 4 heteroatoms. The fourth-order valence-electron chi connectivity index (χ4n) is 6.11. The minimum absolute atomic E-state index is 0.0439. The summed E-state index contributed by atoms with van der Waals surface area (Å²) in [5.74, 6) is 0.962. The van der Waals surface area contributed by atoms with Gasteiger partial charge in [-0.15, -0.1) is 0 Å². The Balaban J connectivity index is 1.71. The van der Waals surface area contributed by atoms with Crippen LogP contribution in [0.5, 0.6) is 5.75 Å². The number of rotatable bonds is 7. The van der Waals surface area contributed by atoms with Crippen LogP contribution in [0.4, 0.5) is 11.5 Å². The molecule has 4 nitrogen and oxygen atoms in total. The first-order chi connectivity index (χ1) is 22.9. The van der Waals surface area contributed by atoms with Crippen molar-refractivity contribution in [1.29, 1.82) is 0 Å². The summed E-state index contributed by atoms with van der Waals surface area (Å²) in [5, 5.41) is 14.1. The fourth-order valence-corrected chi connectivity index (χ4v) is 6.11. The molecule has 4 aromatic carbocycles. The quantitative estimate of drug-likeness (QED) is 0.141. The van der Waals surface area contributed by atoms with Crippen molar-refractivity contribution in [2.45, 2.75) is 52.4 Å². The minimum atomic E-state index is -0.0439. The summed E-state index contributed by atoms with van der Waals surface area (Å²) in [6, 6.07) is 33.1. The summed E-state index contributed by atoms with van der Waals surface area (Å²) < 4.78 is 0. The van der Waals surface area contributed by atoms with Gasteiger partial charge >= 0.3 is 0 Å². The van der Waals surface area contributed by atoms with Crippen LogP contribution in [0.2, 0.25) is 0 Å². The number of nitrogens with zero attached hydrogens (tertiary/aromatic N) is 3. The van der Waals surface area contributed by atoms with Gasteiger partial charge in [-0.1, -0.05) is 115 Å². The molecule has 1 N–H and O–H groups in total. The highest BCUT2D eigenvalue weighted by Gasteiger charge is 2.23. The summed E-state index contributed by atoms with van der Waals surface area (Å²) in [4.78, 5) is 12.0. The molecule has 0 fully saturated rings. The molecule has 2 heterocycles. The molecule has 0 radical (unpaired) electrons. The zero-order valence-electron chi connectivity index (χ0n) is 28.8. The van der Waals surface area contributed by atoms with Crippen molar-refractivity contribution in [3.8, 4) is 28.1 Å². The molecular weight excluding hydrogens is 587 g/mol. The Morgan fingerprint density at radius 1 is 0.729 bits per heavy atom. The lowest BCUT2D eigenvalue weighted by Crippen LogP contribution is -2.16. The molecule has 2 aromatic heterocycles. The average molecular weight is 630 g/mol. The largest absolute Gasteiger partial charge is 0.507 e. The number of pyridine rings is 2. The minimum Gasteiger partial charge on any atom is -0.507 e. The number of phenols is 1. The Labute approximate surface area is 284 Å². The van der Waals surface area contributed by atoms with Gasteiger partial charge in [0, 0.05) is 33.9 Å². The number of anilines is 2. The van der Waals surface area contributed by atoms with Crippen LogP contribution < -0.4 is 4.90 Å². The lowest BCUT2D eigenvalue weighted by molar-refractivity contribution is 0.477. The fraction of sp³-hybridized carbons (Fsp3) is 0.182. The number of aromatic hydroxyl groups is 1. The van der Waals surface area contributed by atoms with Crippen LogP contribution in [0.25, 0.3) is 44.1 Å². The van der Waals surface area contributed by atoms with Gasteiger partial charge in [0.15, 0.2) is 0 Å². The molecule has 6 aromatic rings. The van der Waals surface area contributed by atoms with E-state index in [1.54, 1.807) is 18.3 Å². The molecule has 0 unspecified atom stereocenters. The molecule has 0 saturated heterocycles. The van der Waals surface area contributed by atoms with Crippen LogP contribution in [-0.4, -0.2) is 15.1 Å². The number of benzene rings is 4. The second-order valence-electron chi connectivity index (χ2n) is 14.3. The Kier molecular flexibility index (Phi) is 8.53. The number of fused-ring (bicyclic) bond motifs is 3. The zero-order valence-corrected chi connectivity index (χ0v) is 28.8. The molecule has 0 amide bonds. The Hall–Kier alpha value is -5.48. The molecule has 0 saturated carbocycles. The van der Waals surface area contributed by atoms with Crippen LogP contribution in [-0.2, 0) is 10.8 Å². The van der Waals surface area contributed by atoms with Gasteiger partial charge in [-0.05, 0) is 93.1 Å². The maximum Gasteiger partial charge on any atom is 0.137 e. The Morgan fingerprint density at radius 3 is 2.04 bits per heavy atom. The second-order valence-corrected chi connectivity index (χ2v) is 14.3. The van der Waals surface area contributed by atoms with Gasteiger partial charge in [-0.2, -0.15) is 0 Å². The number of para-hydroxylation sites is 1. The highest BCUT2D eigenvalue weighted by atomic mass is 16.3. The van der Waals surface area contributed by atoms with Crippen LogP contribution in [0.3, 0.4) is 0 Å². The third-order valence-electron chi connectivity index (χ3n) is 8.83. The molecule has 6 rings (SSSR count). The van der Waals surface area contributed by atoms with E-state index in [1.807, 2.05) is 48.6 Å². The van der Waals surface area contributed by atoms with Gasteiger partial charge in [-0.25, -0.2) is 9.97 Å². The predicted octanol–water partition coefficient (Wildman–Crippen LogP) is 11.8. The van der Waals surface area contributed by atoms with Gasteiger partial charge in [0.05, 0.1) is 11.2 Å². The molecule has 240 valence electrons. The van der Waals surface area contributed by atoms with Crippen molar-refractivity contribution in [3.05, 3.63) is 151 Å². The number of hydrogen-bond donors (Lipinski definition) is 1. The van der Waals surface area contributed by atoms with Crippen LogP contribution in [0, 0.1) is 0 Å². The lowest BCUT2D eigenvalue weighted by atomic mass is 9.78. The zero-order chi connectivity index (χ0) is 34.2. The molecule has 0 aliphatic heterocycles. The van der Waals surface area contributed by atoms with Crippen LogP contribution in [0.1, 0.15) is 52.7 Å². The predicted molar refractivity (Wildman–Crippen MR) is 204 cm³/mol. The highest BCUT2D eigenvalue weighted by Crippen LogP contribution is 2.42. The maximum atomic E-state index is 11.0. The molecule has 0 bridgehead atoms. The van der Waals surface area contributed by atoms with Crippen molar-refractivity contribution in [3.63, 3.8) is 0 Å². The van der Waals surface area contributed by atoms with Gasteiger partial charge in [0.1, 0.15) is 11.6 Å². The number of aromatic nitrogens is 2. The summed E-state index contributed by atoms with van der Waals surface area (Å²) in [5.41, 5.74) is 8.70. The van der Waals surface area contributed by atoms with E-state index in [0.29, 0.717) is 11.3 Å². The Morgan fingerprint density at radius 2 is 1.42 bits per heavy atom. The first-order valence-electron chi connectivity index (χ1n) is 16.4. The molecule has 0 spiro atoms. The first-order valence-corrected chi connectivity index (χ1v) is 16.4. The average Bonchev–Trinajstić information content (AvgIpc) is 3.07. The van der Waals surface area contributed by atoms with E-state index >= 15 is 0 Å². The van der Waals surface area contributed by atoms with Crippen molar-refractivity contribution >= 4 is 33.2 Å². The van der Waals surface area contributed by atoms with E-state index in [1.165, 1.54) is 11.1 Å². The SMILES string of the molecule is C=C/C=C(\C=C)N(c1ccc2ccc3c(-c4cc(C(C)(C)C)cc(C(C)(C)C)c4)cc(-c4ccccc4O)nc3c2c1)c1ccccn1. The Bertz CT molecular complexity index is 2170. The first kappa shape index (κ1) is 32.5. The molecule has 0 aliphatic carbocycles. The van der Waals surface area contributed by atoms with E-state index < -0.39 is 0 Å². The molecule has 48 heavy (non-hydrogen) atoms. The molecule has 0 atom stereocenters. The van der Waals surface area contributed by atoms with Crippen molar-refractivity contribution in [1.82, 2.24) is 9.97 Å². The monoisotopic (exact) mass is 629 g/mol. The summed E-state index contributed by atoms with van der Waals surface area (Å²) >= 11 is 0. The number of phenolic OH excluding ortho intramolecular Hbond substituents is 1. The second kappa shape index (κ2) is 12.6. The van der Waals surface area contributed by atoms with Gasteiger partial charge in [0.2, 0.25) is 0 Å². The standard InChI is InChI=1S/C44H43N3O/c1-9-15-33(10-2)47(41-18-13-14-23-45-41)34-21-19-29-20-22-35-37(30-24-31(43(3,4)5)26-32(25-30)44(6,7)8)28-39(46-42(35)38(29)27-34)36-16-11-12-17-40(36)48/h9-28,48H,1-2H2,3-8H3/b33-15+. The van der Waals surface area contributed by atoms with Crippen molar-refractivity contribution in [2.75, 3.05) is 4.90 Å². The van der Waals surface area contributed by atoms with E-state index in [-0.39, 0.29) is 16.6 Å². The van der Waals surface area contributed by atoms with E-state index in [2.05, 4.69) is 119 Å². The van der Waals surface area contributed by atoms with Crippen molar-refractivity contribution in [2.24, 2.45) is 0 Å². The maximum absolute atomic E-state index is 11.0. The topological polar surface area (TPSA) is 49.2 Å². The molecule has 0 aliphatic rings. The third kappa shape index (κ3) is 6.26. The number of allylic oxidation sites excluding steroid dienone is 3. The van der Waals surface area contributed by atoms with Gasteiger partial charge < -0.3 is 5.11 Å². The molecular formula is C44H43N3O. The third-order valence-corrected chi connectivity index (χ3v) is 8.83. The summed E-state index contributed by atoms with van der Waals surface area (Å²) in [6.45, 7) is 21.6.